The summed E-state index contributed by atoms with van der Waals surface area (Å²) in [6.07, 6.45) is 7.39. The van der Waals surface area contributed by atoms with Crippen LogP contribution in [0.4, 0.5) is 0 Å². The number of carbonyl (C=O) groups is 2. The molecule has 0 aromatic carbocycles. The Morgan fingerprint density at radius 2 is 2.09 bits per heavy atom. The molecule has 3 fully saturated rings. The number of ether oxygens (including phenoxy) is 1. The second-order valence-corrected chi connectivity index (χ2v) is 10.0. The number of allylic oxidation sites excluding steroid dienone is 1. The minimum Gasteiger partial charge on any atom is -0.476 e. The average molecular weight is 470 g/mol. The third-order valence-corrected chi connectivity index (χ3v) is 7.53. The predicted octanol–water partition coefficient (Wildman–Crippen LogP) is 2.82. The first kappa shape index (κ1) is 24.8. The van der Waals surface area contributed by atoms with E-state index in [1.807, 2.05) is 13.0 Å². The van der Waals surface area contributed by atoms with Crippen LogP contribution < -0.4 is 15.8 Å². The normalized spacial score (nSPS) is 26.5. The lowest BCUT2D eigenvalue weighted by atomic mass is 9.81. The molecule has 1 unspecified atom stereocenters. The van der Waals surface area contributed by atoms with Crippen LogP contribution in [0.1, 0.15) is 82.1 Å². The Kier molecular flexibility index (Phi) is 8.32. The molecule has 3 atom stereocenters. The van der Waals surface area contributed by atoms with Crippen LogP contribution in [0.2, 0.25) is 0 Å². The molecule has 186 valence electrons. The second kappa shape index (κ2) is 11.4. The molecule has 1 aliphatic carbocycles. The summed E-state index contributed by atoms with van der Waals surface area (Å²) in [5, 5.41) is 3.39. The maximum atomic E-state index is 13.4. The van der Waals surface area contributed by atoms with Gasteiger partial charge in [-0.05, 0) is 58.7 Å². The molecule has 2 saturated heterocycles. The van der Waals surface area contributed by atoms with E-state index in [9.17, 15) is 9.59 Å². The van der Waals surface area contributed by atoms with Crippen molar-refractivity contribution in [3.63, 3.8) is 0 Å². The highest BCUT2D eigenvalue weighted by Crippen LogP contribution is 2.30. The molecule has 8 heteroatoms. The number of rotatable bonds is 9. The van der Waals surface area contributed by atoms with Crippen molar-refractivity contribution in [1.29, 1.82) is 0 Å². The van der Waals surface area contributed by atoms with Crippen LogP contribution in [0.3, 0.4) is 0 Å². The van der Waals surface area contributed by atoms with Gasteiger partial charge < -0.3 is 20.7 Å². The fraction of sp³-hybridized carbons (Fsp3) is 0.692. The molecule has 0 amide bonds. The monoisotopic (exact) mass is 469 g/mol. The Morgan fingerprint density at radius 1 is 1.24 bits per heavy atom. The van der Waals surface area contributed by atoms with Gasteiger partial charge in [-0.3, -0.25) is 9.59 Å². The van der Waals surface area contributed by atoms with Gasteiger partial charge in [0, 0.05) is 36.6 Å². The molecule has 1 saturated carbocycles. The second-order valence-electron chi connectivity index (χ2n) is 10.0. The summed E-state index contributed by atoms with van der Waals surface area (Å²) < 4.78 is 6.15. The average Bonchev–Trinajstić information content (AvgIpc) is 3.52. The summed E-state index contributed by atoms with van der Waals surface area (Å²) >= 11 is 0. The first-order valence-electron chi connectivity index (χ1n) is 13.0. The summed E-state index contributed by atoms with van der Waals surface area (Å²) in [7, 11) is 2.12. The van der Waals surface area contributed by atoms with Crippen LogP contribution in [0, 0.1) is 5.92 Å². The zero-order valence-corrected chi connectivity index (χ0v) is 20.6. The van der Waals surface area contributed by atoms with Crippen LogP contribution in [-0.4, -0.2) is 65.8 Å². The number of likely N-dealkylation sites (tertiary alicyclic amines) is 1. The minimum atomic E-state index is -0.579. The molecule has 3 heterocycles. The van der Waals surface area contributed by atoms with Crippen molar-refractivity contribution in [1.82, 2.24) is 20.2 Å². The Labute approximate surface area is 202 Å². The fourth-order valence-electron chi connectivity index (χ4n) is 5.37. The Hall–Kier alpha value is -2.32. The van der Waals surface area contributed by atoms with E-state index in [1.54, 1.807) is 0 Å². The highest BCUT2D eigenvalue weighted by atomic mass is 16.5. The van der Waals surface area contributed by atoms with Gasteiger partial charge in [-0.2, -0.15) is 4.98 Å². The molecular weight excluding hydrogens is 430 g/mol. The van der Waals surface area contributed by atoms with Crippen molar-refractivity contribution in [2.24, 2.45) is 11.7 Å². The van der Waals surface area contributed by atoms with Crippen molar-refractivity contribution in [3.8, 4) is 5.88 Å². The minimum absolute atomic E-state index is 0.0362. The molecular formula is C26H39N5O3. The number of nitrogens with two attached hydrogens (primary N) is 1. The molecule has 8 nitrogen and oxygen atoms in total. The number of hydrogen-bond donors (Lipinski definition) is 2. The number of aromatic nitrogens is 2. The van der Waals surface area contributed by atoms with Crippen LogP contribution in [0.15, 0.2) is 11.6 Å². The van der Waals surface area contributed by atoms with Gasteiger partial charge in [0.05, 0.1) is 17.3 Å². The van der Waals surface area contributed by atoms with E-state index in [0.29, 0.717) is 54.9 Å². The summed E-state index contributed by atoms with van der Waals surface area (Å²) in [5.74, 6) is 0.428. The van der Waals surface area contributed by atoms with Gasteiger partial charge in [-0.15, -0.1) is 0 Å². The maximum absolute atomic E-state index is 13.4. The summed E-state index contributed by atoms with van der Waals surface area (Å²) in [5.41, 5.74) is 8.28. The van der Waals surface area contributed by atoms with Crippen molar-refractivity contribution in [2.75, 3.05) is 33.3 Å². The van der Waals surface area contributed by atoms with E-state index in [2.05, 4.69) is 22.2 Å². The van der Waals surface area contributed by atoms with Crippen molar-refractivity contribution < 1.29 is 14.3 Å². The number of hydrogen-bond acceptors (Lipinski definition) is 8. The lowest BCUT2D eigenvalue weighted by molar-refractivity contribution is -0.132. The van der Waals surface area contributed by atoms with Crippen molar-refractivity contribution >= 4 is 17.3 Å². The highest BCUT2D eigenvalue weighted by molar-refractivity contribution is 6.13. The standard InChI is InChI=1S/C26H39N5O3/c1-3-7-20(25(33)19-9-4-5-10-22(19)32)24(27)26-29-21(17-11-12-28-15-17)14-23(30-26)34-16-18-8-6-13-31(18)2/h14,17-19,28H,3-13,15-16,27H2,1-2H3/b24-20-/t17?,18-,19-/m0/s1. The summed E-state index contributed by atoms with van der Waals surface area (Å²) in [6.45, 7) is 5.46. The van der Waals surface area contributed by atoms with Gasteiger partial charge in [-0.25, -0.2) is 4.98 Å². The van der Waals surface area contributed by atoms with Gasteiger partial charge in [0.25, 0.3) is 0 Å². The van der Waals surface area contributed by atoms with E-state index in [-0.39, 0.29) is 17.5 Å². The van der Waals surface area contributed by atoms with Crippen LogP contribution in [0.5, 0.6) is 5.88 Å². The van der Waals surface area contributed by atoms with Crippen molar-refractivity contribution in [3.05, 3.63) is 23.2 Å². The van der Waals surface area contributed by atoms with Crippen molar-refractivity contribution in [2.45, 2.75) is 76.7 Å². The lowest BCUT2D eigenvalue weighted by Gasteiger charge is -2.22. The van der Waals surface area contributed by atoms with E-state index in [0.717, 1.165) is 57.4 Å². The number of likely N-dealkylation sites (N-methyl/N-ethyl adjacent to an activating group) is 1. The Morgan fingerprint density at radius 3 is 2.76 bits per heavy atom. The molecule has 34 heavy (non-hydrogen) atoms. The zero-order valence-electron chi connectivity index (χ0n) is 20.6. The van der Waals surface area contributed by atoms with E-state index >= 15 is 0 Å². The molecule has 1 aromatic heterocycles. The van der Waals surface area contributed by atoms with Crippen LogP contribution in [-0.2, 0) is 9.59 Å². The first-order valence-corrected chi connectivity index (χ1v) is 13.0. The molecule has 3 aliphatic rings. The SMILES string of the molecule is CCC/C(C(=O)[C@H]1CCCCC1=O)=C(/N)c1nc(OC[C@@H]2CCCN2C)cc(C2CCNC2)n1. The van der Waals surface area contributed by atoms with Gasteiger partial charge >= 0.3 is 0 Å². The smallest absolute Gasteiger partial charge is 0.217 e. The summed E-state index contributed by atoms with van der Waals surface area (Å²) in [6, 6.07) is 2.30. The third-order valence-electron chi connectivity index (χ3n) is 7.53. The lowest BCUT2D eigenvalue weighted by Crippen LogP contribution is -2.31. The van der Waals surface area contributed by atoms with Crippen LogP contribution >= 0.6 is 0 Å². The maximum Gasteiger partial charge on any atom is 0.217 e. The van der Waals surface area contributed by atoms with E-state index in [1.165, 1.54) is 6.42 Å². The number of nitrogens with one attached hydrogen (secondary N) is 1. The zero-order chi connectivity index (χ0) is 24.1. The fourth-order valence-corrected chi connectivity index (χ4v) is 5.37. The largest absolute Gasteiger partial charge is 0.476 e. The predicted molar refractivity (Wildman–Crippen MR) is 131 cm³/mol. The Bertz CT molecular complexity index is 925. The topological polar surface area (TPSA) is 110 Å². The number of nitrogens with zero attached hydrogens (tertiary/aromatic N) is 3. The van der Waals surface area contributed by atoms with E-state index in [4.69, 9.17) is 15.5 Å². The number of Topliss-reactive ketones (excluding diaryl/α,β-unsaturated/α-hetero) is 2. The third kappa shape index (κ3) is 5.66. The molecule has 0 spiro atoms. The first-order chi connectivity index (χ1) is 16.5. The van der Waals surface area contributed by atoms with Gasteiger partial charge in [0.2, 0.25) is 5.88 Å². The number of ketones is 2. The molecule has 0 radical (unpaired) electrons. The van der Waals surface area contributed by atoms with Crippen LogP contribution in [0.25, 0.3) is 5.70 Å². The summed E-state index contributed by atoms with van der Waals surface area (Å²) in [4.78, 5) is 37.7. The molecule has 3 N–H and O–H groups in total. The van der Waals surface area contributed by atoms with Gasteiger partial charge in [0.1, 0.15) is 12.4 Å². The van der Waals surface area contributed by atoms with Gasteiger partial charge in [0.15, 0.2) is 11.6 Å². The molecule has 0 bridgehead atoms. The highest BCUT2D eigenvalue weighted by Gasteiger charge is 2.32. The number of carbonyl (C=O) groups excluding carboxylic acids is 2. The molecule has 4 rings (SSSR count). The van der Waals surface area contributed by atoms with E-state index < -0.39 is 5.92 Å². The van der Waals surface area contributed by atoms with Gasteiger partial charge in [-0.1, -0.05) is 19.8 Å². The Balaban J connectivity index is 1.65. The quantitative estimate of drug-likeness (QED) is 0.420. The molecule has 1 aromatic rings. The molecule has 2 aliphatic heterocycles.